The van der Waals surface area contributed by atoms with Crippen molar-refractivity contribution in [3.63, 3.8) is 0 Å². The molecule has 4 nitrogen and oxygen atoms in total. The van der Waals surface area contributed by atoms with E-state index in [4.69, 9.17) is 4.74 Å². The molecule has 3 fully saturated rings. The van der Waals surface area contributed by atoms with Gasteiger partial charge in [0, 0.05) is 36.9 Å². The van der Waals surface area contributed by atoms with Gasteiger partial charge in [-0.3, -0.25) is 9.88 Å². The fraction of sp³-hybridized carbons (Fsp3) is 0.581. The van der Waals surface area contributed by atoms with E-state index >= 15 is 0 Å². The summed E-state index contributed by atoms with van der Waals surface area (Å²) in [5.74, 6) is 1.10. The lowest BCUT2D eigenvalue weighted by molar-refractivity contribution is -0.127. The number of aliphatic hydroxyl groups excluding tert-OH is 1. The van der Waals surface area contributed by atoms with Crippen LogP contribution in [0.3, 0.4) is 0 Å². The fourth-order valence-corrected chi connectivity index (χ4v) is 8.01. The molecule has 4 heterocycles. The Morgan fingerprint density at radius 2 is 1.97 bits per heavy atom. The summed E-state index contributed by atoms with van der Waals surface area (Å²) >= 11 is 0. The van der Waals surface area contributed by atoms with E-state index in [-0.39, 0.29) is 17.3 Å². The second kappa shape index (κ2) is 8.26. The van der Waals surface area contributed by atoms with Gasteiger partial charge >= 0.3 is 0 Å². The summed E-state index contributed by atoms with van der Waals surface area (Å²) in [6.45, 7) is 4.14. The largest absolute Gasteiger partial charge is 0.390 e. The van der Waals surface area contributed by atoms with Crippen LogP contribution >= 0.6 is 0 Å². The Bertz CT molecular complexity index is 1200. The lowest BCUT2D eigenvalue weighted by Crippen LogP contribution is -2.59. The molecule has 2 saturated heterocycles. The zero-order valence-electron chi connectivity index (χ0n) is 21.0. The van der Waals surface area contributed by atoms with E-state index in [0.717, 1.165) is 45.2 Å². The maximum Gasteiger partial charge on any atom is 0.0966 e. The zero-order chi connectivity index (χ0) is 23.6. The predicted molar refractivity (Wildman–Crippen MR) is 139 cm³/mol. The van der Waals surface area contributed by atoms with Crippen LogP contribution in [0.15, 0.2) is 60.0 Å². The number of aromatic nitrogens is 1. The molecular formula is C31H38N2O2. The van der Waals surface area contributed by atoms with Gasteiger partial charge in [0.15, 0.2) is 0 Å². The van der Waals surface area contributed by atoms with Gasteiger partial charge in [0.1, 0.15) is 0 Å². The molecule has 184 valence electrons. The molecule has 5 atom stereocenters. The van der Waals surface area contributed by atoms with Crippen LogP contribution in [0.2, 0.25) is 0 Å². The number of pyridine rings is 1. The Morgan fingerprint density at radius 1 is 1.06 bits per heavy atom. The van der Waals surface area contributed by atoms with Gasteiger partial charge in [0.25, 0.3) is 0 Å². The Hall–Kier alpha value is -2.01. The molecule has 2 spiro atoms. The van der Waals surface area contributed by atoms with Crippen molar-refractivity contribution in [1.29, 1.82) is 0 Å². The van der Waals surface area contributed by atoms with Gasteiger partial charge in [-0.2, -0.15) is 0 Å². The molecule has 0 amide bonds. The third kappa shape index (κ3) is 3.55. The average Bonchev–Trinajstić information content (AvgIpc) is 3.21. The number of aliphatic hydroxyl groups is 1. The number of β-amino-alcohol motifs (C(OH)–C–C–N with tert-alkyl or cyclic N) is 1. The fourth-order valence-electron chi connectivity index (χ4n) is 8.01. The molecule has 1 aromatic carbocycles. The third-order valence-corrected chi connectivity index (χ3v) is 10.2. The first kappa shape index (κ1) is 22.2. The molecule has 4 heteroatoms. The second-order valence-electron chi connectivity index (χ2n) is 12.1. The number of hydrogen-bond acceptors (Lipinski definition) is 4. The molecular weight excluding hydrogens is 432 g/mol. The molecule has 2 aliphatic carbocycles. The highest BCUT2D eigenvalue weighted by atomic mass is 16.5. The van der Waals surface area contributed by atoms with E-state index < -0.39 is 0 Å². The lowest BCUT2D eigenvalue weighted by atomic mass is 9.73. The van der Waals surface area contributed by atoms with Crippen molar-refractivity contribution in [3.8, 4) is 0 Å². The minimum atomic E-state index is -0.123. The number of likely N-dealkylation sites (tertiary alicyclic amines) is 1. The first-order valence-corrected chi connectivity index (χ1v) is 13.9. The van der Waals surface area contributed by atoms with Crippen molar-refractivity contribution in [2.75, 3.05) is 13.1 Å². The lowest BCUT2D eigenvalue weighted by Gasteiger charge is -2.52. The van der Waals surface area contributed by atoms with Gasteiger partial charge in [-0.1, -0.05) is 31.2 Å². The summed E-state index contributed by atoms with van der Waals surface area (Å²) in [6, 6.07) is 9.66. The minimum Gasteiger partial charge on any atom is -0.390 e. The molecule has 1 aromatic heterocycles. The Kier molecular flexibility index (Phi) is 5.24. The number of hydrogen-bond donors (Lipinski definition) is 1. The van der Waals surface area contributed by atoms with E-state index in [9.17, 15) is 5.11 Å². The van der Waals surface area contributed by atoms with Gasteiger partial charge < -0.3 is 9.84 Å². The highest BCUT2D eigenvalue weighted by Gasteiger charge is 2.59. The normalized spacial score (nSPS) is 39.3. The van der Waals surface area contributed by atoms with Gasteiger partial charge in [-0.15, -0.1) is 0 Å². The standard InChI is InChI=1S/C31H38N2O2/c1-21-5-6-22(24-8-7-23-11-14-32-18-25(23)15-24)3-2-4-27-16-26-9-10-28(33-19-29(34)20-33)17-30(26)12-13-31(21,27)35-30/h4,7-8,11,14-16,18,21-22,28-29,34H,2-3,5-6,9-10,12-13,17,19-20H2,1H3/b27-4-/t21-,22+,28?,30+,31-/m0/s1. The summed E-state index contributed by atoms with van der Waals surface area (Å²) in [6.07, 6.45) is 19.4. The van der Waals surface area contributed by atoms with E-state index in [1.54, 1.807) is 5.57 Å². The maximum absolute atomic E-state index is 9.84. The van der Waals surface area contributed by atoms with Crippen LogP contribution < -0.4 is 0 Å². The van der Waals surface area contributed by atoms with E-state index in [1.165, 1.54) is 47.6 Å². The maximum atomic E-state index is 9.84. The van der Waals surface area contributed by atoms with E-state index in [0.29, 0.717) is 17.9 Å². The number of nitrogens with zero attached hydrogens (tertiary/aromatic N) is 2. The van der Waals surface area contributed by atoms with Crippen LogP contribution in [0.5, 0.6) is 0 Å². The zero-order valence-corrected chi connectivity index (χ0v) is 21.0. The topological polar surface area (TPSA) is 45.6 Å². The molecule has 1 N–H and O–H groups in total. The molecule has 3 aliphatic heterocycles. The first-order chi connectivity index (χ1) is 17.0. The first-order valence-electron chi connectivity index (χ1n) is 13.9. The second-order valence-corrected chi connectivity index (χ2v) is 12.1. The highest BCUT2D eigenvalue weighted by molar-refractivity contribution is 5.82. The summed E-state index contributed by atoms with van der Waals surface area (Å²) in [5, 5.41) is 12.4. The van der Waals surface area contributed by atoms with Crippen molar-refractivity contribution in [1.82, 2.24) is 9.88 Å². The van der Waals surface area contributed by atoms with Gasteiger partial charge in [0.2, 0.25) is 0 Å². The van der Waals surface area contributed by atoms with E-state index in [2.05, 4.69) is 53.2 Å². The van der Waals surface area contributed by atoms with E-state index in [1.807, 2.05) is 12.4 Å². The van der Waals surface area contributed by atoms with Crippen LogP contribution in [0.25, 0.3) is 10.8 Å². The summed E-state index contributed by atoms with van der Waals surface area (Å²) in [5.41, 5.74) is 4.33. The number of allylic oxidation sites excluding steroid dienone is 1. The predicted octanol–water partition coefficient (Wildman–Crippen LogP) is 5.91. The Morgan fingerprint density at radius 3 is 2.86 bits per heavy atom. The molecule has 35 heavy (non-hydrogen) atoms. The number of rotatable bonds is 2. The molecule has 2 aromatic rings. The van der Waals surface area contributed by atoms with Crippen LogP contribution in [0.4, 0.5) is 0 Å². The van der Waals surface area contributed by atoms with Crippen molar-refractivity contribution in [3.05, 3.63) is 65.5 Å². The van der Waals surface area contributed by atoms with Crippen LogP contribution in [0.1, 0.15) is 76.2 Å². The number of benzene rings is 1. The molecule has 1 saturated carbocycles. The van der Waals surface area contributed by atoms with Gasteiger partial charge in [-0.25, -0.2) is 0 Å². The monoisotopic (exact) mass is 470 g/mol. The number of fused-ring (bicyclic) bond motifs is 1. The van der Waals surface area contributed by atoms with Crippen molar-refractivity contribution >= 4 is 10.8 Å². The van der Waals surface area contributed by atoms with Crippen molar-refractivity contribution in [2.45, 2.75) is 94.0 Å². The van der Waals surface area contributed by atoms with Crippen LogP contribution in [-0.2, 0) is 4.74 Å². The SMILES string of the molecule is C[C@H]1CC[C@H](c2ccc3ccncc3c2)CC/C=C2/C=C3CCC(N4CC(O)C4)C[C@]34CC[C@@]21O4. The third-order valence-electron chi connectivity index (χ3n) is 10.2. The smallest absolute Gasteiger partial charge is 0.0966 e. The molecule has 2 bridgehead atoms. The van der Waals surface area contributed by atoms with Gasteiger partial charge in [0.05, 0.1) is 17.3 Å². The van der Waals surface area contributed by atoms with Crippen LogP contribution in [-0.4, -0.2) is 51.4 Å². The summed E-state index contributed by atoms with van der Waals surface area (Å²) in [4.78, 5) is 6.84. The molecule has 5 aliphatic rings. The summed E-state index contributed by atoms with van der Waals surface area (Å²) in [7, 11) is 0. The Balaban J connectivity index is 1.15. The molecule has 7 rings (SSSR count). The van der Waals surface area contributed by atoms with Crippen molar-refractivity contribution in [2.24, 2.45) is 5.92 Å². The van der Waals surface area contributed by atoms with Gasteiger partial charge in [-0.05, 0) is 104 Å². The quantitative estimate of drug-likeness (QED) is 0.592. The van der Waals surface area contributed by atoms with Crippen molar-refractivity contribution < 1.29 is 9.84 Å². The van der Waals surface area contributed by atoms with Crippen LogP contribution in [0, 0.1) is 5.92 Å². The molecule has 1 unspecified atom stereocenters. The number of ether oxygens (including phenoxy) is 1. The minimum absolute atomic E-state index is 0.0616. The Labute approximate surface area is 209 Å². The highest BCUT2D eigenvalue weighted by Crippen LogP contribution is 2.59. The average molecular weight is 471 g/mol. The molecule has 0 radical (unpaired) electrons. The summed E-state index contributed by atoms with van der Waals surface area (Å²) < 4.78 is 7.32.